The topological polar surface area (TPSA) is 84.9 Å². The fourth-order valence-corrected chi connectivity index (χ4v) is 2.56. The Morgan fingerprint density at radius 1 is 1.30 bits per heavy atom. The zero-order valence-corrected chi connectivity index (χ0v) is 13.4. The number of phenolic OH excluding ortho intramolecular Hbond substituents is 1. The van der Waals surface area contributed by atoms with Crippen LogP contribution in [0.25, 0.3) is 0 Å². The van der Waals surface area contributed by atoms with E-state index in [-0.39, 0.29) is 17.2 Å². The smallest absolute Gasteiger partial charge is 0.342 e. The lowest BCUT2D eigenvalue weighted by Gasteiger charge is -2.08. The Morgan fingerprint density at radius 3 is 2.78 bits per heavy atom. The van der Waals surface area contributed by atoms with E-state index in [1.165, 1.54) is 30.2 Å². The molecule has 0 saturated heterocycles. The first-order chi connectivity index (χ1) is 11.1. The lowest BCUT2D eigenvalue weighted by Crippen LogP contribution is -2.30. The summed E-state index contributed by atoms with van der Waals surface area (Å²) in [7, 11) is 1.45. The maximum Gasteiger partial charge on any atom is 0.342 e. The second kappa shape index (κ2) is 8.19. The molecular formula is C16H17NO5S. The van der Waals surface area contributed by atoms with Crippen molar-refractivity contribution in [2.24, 2.45) is 0 Å². The van der Waals surface area contributed by atoms with Crippen molar-refractivity contribution in [3.8, 4) is 11.5 Å². The Morgan fingerprint density at radius 2 is 2.13 bits per heavy atom. The molecule has 0 aliphatic heterocycles. The van der Waals surface area contributed by atoms with Gasteiger partial charge in [-0.15, -0.1) is 11.3 Å². The molecule has 0 bridgehead atoms. The van der Waals surface area contributed by atoms with Gasteiger partial charge in [-0.05, 0) is 30.0 Å². The summed E-state index contributed by atoms with van der Waals surface area (Å²) < 4.78 is 9.81. The second-order valence-corrected chi connectivity index (χ2v) is 5.67. The first-order valence-electron chi connectivity index (χ1n) is 6.93. The molecule has 0 aliphatic carbocycles. The third-order valence-corrected chi connectivity index (χ3v) is 3.97. The number of phenols is 1. The number of carbonyl (C=O) groups is 2. The summed E-state index contributed by atoms with van der Waals surface area (Å²) in [5.74, 6) is -0.987. The number of benzene rings is 1. The first kappa shape index (κ1) is 16.8. The largest absolute Gasteiger partial charge is 0.507 e. The van der Waals surface area contributed by atoms with Gasteiger partial charge in [0.25, 0.3) is 5.91 Å². The minimum absolute atomic E-state index is 0.0165. The van der Waals surface area contributed by atoms with E-state index in [9.17, 15) is 14.7 Å². The molecule has 0 unspecified atom stereocenters. The van der Waals surface area contributed by atoms with Crippen molar-refractivity contribution in [2.45, 2.75) is 6.42 Å². The number of methoxy groups -OCH3 is 1. The van der Waals surface area contributed by atoms with E-state index in [1.807, 2.05) is 17.5 Å². The predicted octanol–water partition coefficient (Wildman–Crippen LogP) is 1.98. The highest BCUT2D eigenvalue weighted by atomic mass is 32.1. The number of ether oxygens (including phenoxy) is 2. The number of aromatic hydroxyl groups is 1. The number of carbonyl (C=O) groups excluding carboxylic acids is 2. The Labute approximate surface area is 137 Å². The van der Waals surface area contributed by atoms with Crippen LogP contribution in [0, 0.1) is 0 Å². The lowest BCUT2D eigenvalue weighted by atomic mass is 10.2. The van der Waals surface area contributed by atoms with E-state index in [0.717, 1.165) is 6.42 Å². The fourth-order valence-electron chi connectivity index (χ4n) is 1.85. The van der Waals surface area contributed by atoms with Gasteiger partial charge in [0.15, 0.2) is 6.61 Å². The minimum atomic E-state index is -0.765. The number of nitrogens with one attached hydrogen (secondary N) is 1. The SMILES string of the molecule is COc1ccc(C(=O)OCC(=O)NCCc2cccs2)c(O)c1. The highest BCUT2D eigenvalue weighted by Crippen LogP contribution is 2.23. The Bertz CT molecular complexity index is 669. The zero-order chi connectivity index (χ0) is 16.7. The van der Waals surface area contributed by atoms with Crippen molar-refractivity contribution < 1.29 is 24.2 Å². The number of hydrogen-bond donors (Lipinski definition) is 2. The molecule has 2 aromatic rings. The van der Waals surface area contributed by atoms with Crippen LogP contribution in [0.1, 0.15) is 15.2 Å². The average molecular weight is 335 g/mol. The summed E-state index contributed by atoms with van der Waals surface area (Å²) in [6, 6.07) is 8.15. The van der Waals surface area contributed by atoms with Gasteiger partial charge in [0.2, 0.25) is 0 Å². The number of rotatable bonds is 7. The predicted molar refractivity (Wildman–Crippen MR) is 86.0 cm³/mol. The third kappa shape index (κ3) is 5.00. The van der Waals surface area contributed by atoms with Crippen LogP contribution < -0.4 is 10.1 Å². The number of hydrogen-bond acceptors (Lipinski definition) is 6. The van der Waals surface area contributed by atoms with Gasteiger partial charge in [0.1, 0.15) is 17.1 Å². The molecule has 0 atom stereocenters. The molecule has 0 saturated carbocycles. The third-order valence-electron chi connectivity index (χ3n) is 3.03. The number of thiophene rings is 1. The van der Waals surface area contributed by atoms with Crippen LogP contribution in [0.5, 0.6) is 11.5 Å². The Balaban J connectivity index is 1.76. The van der Waals surface area contributed by atoms with Crippen molar-refractivity contribution in [3.05, 3.63) is 46.2 Å². The van der Waals surface area contributed by atoms with E-state index in [1.54, 1.807) is 11.3 Å². The quantitative estimate of drug-likeness (QED) is 0.756. The average Bonchev–Trinajstić information content (AvgIpc) is 3.05. The van der Waals surface area contributed by atoms with Gasteiger partial charge >= 0.3 is 5.97 Å². The summed E-state index contributed by atoms with van der Waals surface area (Å²) in [5, 5.41) is 14.4. The highest BCUT2D eigenvalue weighted by molar-refractivity contribution is 7.09. The van der Waals surface area contributed by atoms with E-state index >= 15 is 0 Å². The molecule has 0 radical (unpaired) electrons. The molecule has 1 amide bonds. The normalized spacial score (nSPS) is 10.1. The summed E-state index contributed by atoms with van der Waals surface area (Å²) in [6.07, 6.45) is 0.733. The molecule has 1 aromatic carbocycles. The van der Waals surface area contributed by atoms with E-state index in [2.05, 4.69) is 5.32 Å². The molecule has 2 rings (SSSR count). The molecule has 1 aromatic heterocycles. The van der Waals surface area contributed by atoms with Gasteiger partial charge in [-0.1, -0.05) is 6.07 Å². The summed E-state index contributed by atoms with van der Waals surface area (Å²) in [6.45, 7) is 0.0828. The van der Waals surface area contributed by atoms with Gasteiger partial charge in [0.05, 0.1) is 7.11 Å². The summed E-state index contributed by atoms with van der Waals surface area (Å²) in [4.78, 5) is 24.6. The Kier molecular flexibility index (Phi) is 5.99. The molecule has 6 nitrogen and oxygen atoms in total. The van der Waals surface area contributed by atoms with Crippen LogP contribution in [0.3, 0.4) is 0 Å². The van der Waals surface area contributed by atoms with Gasteiger partial charge in [-0.25, -0.2) is 4.79 Å². The van der Waals surface area contributed by atoms with Crippen LogP contribution in [0.15, 0.2) is 35.7 Å². The van der Waals surface area contributed by atoms with Crippen molar-refractivity contribution in [1.29, 1.82) is 0 Å². The molecule has 0 spiro atoms. The second-order valence-electron chi connectivity index (χ2n) is 4.64. The molecule has 0 aliphatic rings. The zero-order valence-electron chi connectivity index (χ0n) is 12.6. The van der Waals surface area contributed by atoms with Crippen LogP contribution >= 0.6 is 11.3 Å². The lowest BCUT2D eigenvalue weighted by molar-refractivity contribution is -0.124. The van der Waals surface area contributed by atoms with Crippen molar-refractivity contribution in [1.82, 2.24) is 5.32 Å². The summed E-state index contributed by atoms with van der Waals surface area (Å²) >= 11 is 1.62. The molecule has 0 fully saturated rings. The Hall–Kier alpha value is -2.54. The van der Waals surface area contributed by atoms with E-state index in [0.29, 0.717) is 12.3 Å². The van der Waals surface area contributed by atoms with Crippen LogP contribution in [0.4, 0.5) is 0 Å². The summed E-state index contributed by atoms with van der Waals surface area (Å²) in [5.41, 5.74) is -0.0165. The number of esters is 1. The molecule has 1 heterocycles. The number of amides is 1. The molecular weight excluding hydrogens is 318 g/mol. The fraction of sp³-hybridized carbons (Fsp3) is 0.250. The van der Waals surface area contributed by atoms with Crippen LogP contribution in [-0.4, -0.2) is 37.2 Å². The minimum Gasteiger partial charge on any atom is -0.507 e. The van der Waals surface area contributed by atoms with Crippen LogP contribution in [-0.2, 0) is 16.0 Å². The molecule has 122 valence electrons. The van der Waals surface area contributed by atoms with E-state index < -0.39 is 12.6 Å². The van der Waals surface area contributed by atoms with Crippen molar-refractivity contribution >= 4 is 23.2 Å². The van der Waals surface area contributed by atoms with Crippen LogP contribution in [0.2, 0.25) is 0 Å². The van der Waals surface area contributed by atoms with Gasteiger partial charge in [-0.2, -0.15) is 0 Å². The monoisotopic (exact) mass is 335 g/mol. The van der Waals surface area contributed by atoms with E-state index in [4.69, 9.17) is 9.47 Å². The molecule has 7 heteroatoms. The maximum absolute atomic E-state index is 11.8. The molecule has 2 N–H and O–H groups in total. The first-order valence-corrected chi connectivity index (χ1v) is 7.81. The van der Waals surface area contributed by atoms with Gasteiger partial charge in [-0.3, -0.25) is 4.79 Å². The van der Waals surface area contributed by atoms with Crippen molar-refractivity contribution in [3.63, 3.8) is 0 Å². The maximum atomic E-state index is 11.8. The van der Waals surface area contributed by atoms with Gasteiger partial charge < -0.3 is 19.9 Å². The van der Waals surface area contributed by atoms with Crippen molar-refractivity contribution in [2.75, 3.05) is 20.3 Å². The highest BCUT2D eigenvalue weighted by Gasteiger charge is 2.15. The van der Waals surface area contributed by atoms with Gasteiger partial charge in [0, 0.05) is 17.5 Å². The standard InChI is InChI=1S/C16H17NO5S/c1-21-11-4-5-13(14(18)9-11)16(20)22-10-15(19)17-7-6-12-3-2-8-23-12/h2-5,8-9,18H,6-7,10H2,1H3,(H,17,19). The molecule has 23 heavy (non-hydrogen) atoms.